The van der Waals surface area contributed by atoms with Crippen LogP contribution < -0.4 is 5.73 Å². The highest BCUT2D eigenvalue weighted by Crippen LogP contribution is 2.28. The lowest BCUT2D eigenvalue weighted by Gasteiger charge is -2.27. The van der Waals surface area contributed by atoms with Crippen LogP contribution in [0.3, 0.4) is 0 Å². The van der Waals surface area contributed by atoms with Crippen molar-refractivity contribution in [3.8, 4) is 0 Å². The van der Waals surface area contributed by atoms with Gasteiger partial charge in [0, 0.05) is 19.1 Å². The number of hydrogen-bond donors (Lipinski definition) is 1. The van der Waals surface area contributed by atoms with Gasteiger partial charge >= 0.3 is 0 Å². The third-order valence-corrected chi connectivity index (χ3v) is 4.34. The maximum Gasteiger partial charge on any atom is 0.0595 e. The monoisotopic (exact) mass is 322 g/mol. The molecule has 1 unspecified atom stereocenters. The van der Waals surface area contributed by atoms with E-state index >= 15 is 0 Å². The van der Waals surface area contributed by atoms with Gasteiger partial charge in [-0.15, -0.1) is 0 Å². The van der Waals surface area contributed by atoms with E-state index in [1.54, 1.807) is 0 Å². The van der Waals surface area contributed by atoms with Gasteiger partial charge in [-0.25, -0.2) is 0 Å². The Morgan fingerprint density at radius 1 is 1.10 bits per heavy atom. The number of nitrogens with zero attached hydrogens (tertiary/aromatic N) is 1. The van der Waals surface area contributed by atoms with E-state index in [0.717, 1.165) is 12.1 Å². The number of hydrogen-bond acceptors (Lipinski definition) is 2. The van der Waals surface area contributed by atoms with Gasteiger partial charge in [-0.1, -0.05) is 59.1 Å². The Bertz CT molecular complexity index is 613. The summed E-state index contributed by atoms with van der Waals surface area (Å²) in [4.78, 5) is 2.23. The van der Waals surface area contributed by atoms with Crippen LogP contribution in [0.1, 0.15) is 22.7 Å². The molecule has 0 bridgehead atoms. The Balaban J connectivity index is 2.18. The summed E-state index contributed by atoms with van der Waals surface area (Å²) in [5, 5.41) is 1.13. The third-order valence-electron chi connectivity index (χ3n) is 3.60. The van der Waals surface area contributed by atoms with Crippen LogP contribution in [-0.2, 0) is 6.54 Å². The molecule has 0 heterocycles. The molecule has 4 heteroatoms. The van der Waals surface area contributed by atoms with Crippen LogP contribution in [0.5, 0.6) is 0 Å². The molecular formula is C17H20Cl2N2. The molecule has 0 aliphatic heterocycles. The Morgan fingerprint density at radius 3 is 2.48 bits per heavy atom. The van der Waals surface area contributed by atoms with Crippen molar-refractivity contribution in [1.82, 2.24) is 4.90 Å². The highest BCUT2D eigenvalue weighted by Gasteiger charge is 2.16. The minimum absolute atomic E-state index is 0.111. The molecule has 0 radical (unpaired) electrons. The molecule has 2 aromatic carbocycles. The minimum Gasteiger partial charge on any atom is -0.329 e. The van der Waals surface area contributed by atoms with Crippen molar-refractivity contribution < 1.29 is 0 Å². The second-order valence-corrected chi connectivity index (χ2v) is 6.14. The number of aryl methyl sites for hydroxylation is 1. The first-order chi connectivity index (χ1) is 10.0. The van der Waals surface area contributed by atoms with E-state index in [2.05, 4.69) is 43.1 Å². The van der Waals surface area contributed by atoms with Crippen molar-refractivity contribution in [1.29, 1.82) is 0 Å². The molecule has 112 valence electrons. The van der Waals surface area contributed by atoms with Gasteiger partial charge in [0.2, 0.25) is 0 Å². The fourth-order valence-corrected chi connectivity index (χ4v) is 2.81. The summed E-state index contributed by atoms with van der Waals surface area (Å²) >= 11 is 12.1. The van der Waals surface area contributed by atoms with Crippen LogP contribution in [-0.4, -0.2) is 18.5 Å². The summed E-state index contributed by atoms with van der Waals surface area (Å²) in [6.45, 7) is 3.47. The smallest absolute Gasteiger partial charge is 0.0595 e. The molecule has 2 nitrogen and oxygen atoms in total. The maximum atomic E-state index is 6.11. The van der Waals surface area contributed by atoms with Crippen molar-refractivity contribution in [2.45, 2.75) is 19.5 Å². The number of likely N-dealkylation sites (N-methyl/N-ethyl adjacent to an activating group) is 1. The van der Waals surface area contributed by atoms with Crippen molar-refractivity contribution in [2.75, 3.05) is 13.6 Å². The molecule has 2 N–H and O–H groups in total. The lowest BCUT2D eigenvalue weighted by Crippen LogP contribution is -2.30. The zero-order valence-electron chi connectivity index (χ0n) is 12.3. The number of rotatable bonds is 5. The van der Waals surface area contributed by atoms with E-state index < -0.39 is 0 Å². The van der Waals surface area contributed by atoms with Gasteiger partial charge < -0.3 is 5.73 Å². The van der Waals surface area contributed by atoms with Gasteiger partial charge in [0.25, 0.3) is 0 Å². The van der Waals surface area contributed by atoms with Crippen molar-refractivity contribution in [2.24, 2.45) is 5.73 Å². The van der Waals surface area contributed by atoms with Crippen LogP contribution in [0.25, 0.3) is 0 Å². The number of halogens is 2. The topological polar surface area (TPSA) is 29.3 Å². The second kappa shape index (κ2) is 7.28. The van der Waals surface area contributed by atoms with E-state index in [4.69, 9.17) is 28.9 Å². The van der Waals surface area contributed by atoms with Crippen molar-refractivity contribution in [3.63, 3.8) is 0 Å². The Hall–Kier alpha value is -1.06. The Morgan fingerprint density at radius 2 is 1.86 bits per heavy atom. The normalized spacial score (nSPS) is 12.7. The molecule has 1 atom stereocenters. The summed E-state index contributed by atoms with van der Waals surface area (Å²) in [7, 11) is 2.07. The van der Waals surface area contributed by atoms with E-state index in [9.17, 15) is 0 Å². The summed E-state index contributed by atoms with van der Waals surface area (Å²) < 4.78 is 0. The van der Waals surface area contributed by atoms with Crippen LogP contribution >= 0.6 is 23.2 Å². The molecule has 0 aliphatic rings. The quantitative estimate of drug-likeness (QED) is 0.882. The standard InChI is InChI=1S/C17H20Cl2N2/c1-12-4-3-5-13(8-12)11-21(2)17(10-20)14-6-7-15(18)16(19)9-14/h3-9,17H,10-11,20H2,1-2H3. The summed E-state index contributed by atoms with van der Waals surface area (Å²) in [5.74, 6) is 0. The predicted octanol–water partition coefficient (Wildman–Crippen LogP) is 4.43. The molecule has 0 saturated carbocycles. The molecular weight excluding hydrogens is 303 g/mol. The lowest BCUT2D eigenvalue weighted by atomic mass is 10.0. The SMILES string of the molecule is Cc1cccc(CN(C)C(CN)c2ccc(Cl)c(Cl)c2)c1. The van der Waals surface area contributed by atoms with Crippen LogP contribution in [0.2, 0.25) is 10.0 Å². The largest absolute Gasteiger partial charge is 0.329 e. The molecule has 0 spiro atoms. The second-order valence-electron chi connectivity index (χ2n) is 5.33. The third kappa shape index (κ3) is 4.21. The molecule has 21 heavy (non-hydrogen) atoms. The van der Waals surface area contributed by atoms with E-state index in [-0.39, 0.29) is 6.04 Å². The summed E-state index contributed by atoms with van der Waals surface area (Å²) in [6.07, 6.45) is 0. The first kappa shape index (κ1) is 16.3. The molecule has 0 fully saturated rings. The zero-order valence-corrected chi connectivity index (χ0v) is 13.8. The maximum absolute atomic E-state index is 6.11. The molecule has 0 saturated heterocycles. The average molecular weight is 323 g/mol. The van der Waals surface area contributed by atoms with Gasteiger partial charge in [0.05, 0.1) is 10.0 Å². The predicted molar refractivity (Wildman–Crippen MR) is 90.9 cm³/mol. The number of nitrogens with two attached hydrogens (primary N) is 1. The molecule has 2 rings (SSSR count). The van der Waals surface area contributed by atoms with Gasteiger partial charge in [0.1, 0.15) is 0 Å². The fourth-order valence-electron chi connectivity index (χ4n) is 2.50. The first-order valence-electron chi connectivity index (χ1n) is 6.92. The first-order valence-corrected chi connectivity index (χ1v) is 7.67. The van der Waals surface area contributed by atoms with E-state index in [1.807, 2.05) is 18.2 Å². The molecule has 0 amide bonds. The highest BCUT2D eigenvalue weighted by molar-refractivity contribution is 6.42. The van der Waals surface area contributed by atoms with Crippen LogP contribution in [0.4, 0.5) is 0 Å². The van der Waals surface area contributed by atoms with Gasteiger partial charge in [-0.05, 0) is 37.2 Å². The van der Waals surface area contributed by atoms with E-state index in [0.29, 0.717) is 16.6 Å². The van der Waals surface area contributed by atoms with E-state index in [1.165, 1.54) is 11.1 Å². The van der Waals surface area contributed by atoms with Crippen molar-refractivity contribution >= 4 is 23.2 Å². The fraction of sp³-hybridized carbons (Fsp3) is 0.294. The van der Waals surface area contributed by atoms with Gasteiger partial charge in [0.15, 0.2) is 0 Å². The lowest BCUT2D eigenvalue weighted by molar-refractivity contribution is 0.242. The minimum atomic E-state index is 0.111. The summed E-state index contributed by atoms with van der Waals surface area (Å²) in [6, 6.07) is 14.3. The summed E-state index contributed by atoms with van der Waals surface area (Å²) in [5.41, 5.74) is 9.58. The van der Waals surface area contributed by atoms with Gasteiger partial charge in [-0.3, -0.25) is 4.90 Å². The molecule has 2 aromatic rings. The zero-order chi connectivity index (χ0) is 15.4. The van der Waals surface area contributed by atoms with Crippen molar-refractivity contribution in [3.05, 3.63) is 69.2 Å². The molecule has 0 aliphatic carbocycles. The highest BCUT2D eigenvalue weighted by atomic mass is 35.5. The molecule has 0 aromatic heterocycles. The van der Waals surface area contributed by atoms with Crippen LogP contribution in [0.15, 0.2) is 42.5 Å². The Kier molecular flexibility index (Phi) is 5.65. The number of benzene rings is 2. The van der Waals surface area contributed by atoms with Gasteiger partial charge in [-0.2, -0.15) is 0 Å². The average Bonchev–Trinajstić information content (AvgIpc) is 2.43. The van der Waals surface area contributed by atoms with Crippen LogP contribution in [0, 0.1) is 6.92 Å². The Labute approximate surface area is 136 Å².